The van der Waals surface area contributed by atoms with Crippen molar-refractivity contribution in [1.82, 2.24) is 9.80 Å². The van der Waals surface area contributed by atoms with Crippen LogP contribution in [0.5, 0.6) is 0 Å². The van der Waals surface area contributed by atoms with Gasteiger partial charge in [-0.1, -0.05) is 47.0 Å². The van der Waals surface area contributed by atoms with Gasteiger partial charge >= 0.3 is 0 Å². The van der Waals surface area contributed by atoms with Crippen molar-refractivity contribution in [2.45, 2.75) is 79.2 Å². The highest BCUT2D eigenvalue weighted by atomic mass is 15.2. The lowest BCUT2D eigenvalue weighted by Gasteiger charge is -2.47. The number of hydrogen-bond donors (Lipinski definition) is 0. The van der Waals surface area contributed by atoms with Crippen molar-refractivity contribution in [1.29, 1.82) is 0 Å². The van der Waals surface area contributed by atoms with Crippen LogP contribution in [0.4, 0.5) is 0 Å². The Morgan fingerprint density at radius 1 is 0.850 bits per heavy atom. The second-order valence-corrected chi connectivity index (χ2v) is 6.60. The fraction of sp³-hybridized carbons (Fsp3) is 1.00. The number of nitrogens with zero attached hydrogens (tertiary/aromatic N) is 2. The molecule has 120 valence electrons. The van der Waals surface area contributed by atoms with Crippen molar-refractivity contribution in [3.63, 3.8) is 0 Å². The Kier molecular flexibility index (Phi) is 8.13. The molecule has 0 radical (unpaired) electrons. The molecule has 0 heterocycles. The van der Waals surface area contributed by atoms with E-state index in [1.165, 1.54) is 71.2 Å². The summed E-state index contributed by atoms with van der Waals surface area (Å²) in [4.78, 5) is 5.29. The molecular formula is C18H38N2. The third-order valence-corrected chi connectivity index (χ3v) is 5.92. The zero-order valence-electron chi connectivity index (χ0n) is 14.7. The molecule has 0 amide bonds. The first-order valence-corrected chi connectivity index (χ1v) is 9.09. The first-order chi connectivity index (χ1) is 9.63. The van der Waals surface area contributed by atoms with E-state index in [4.69, 9.17) is 0 Å². The fourth-order valence-electron chi connectivity index (χ4n) is 4.21. The van der Waals surface area contributed by atoms with E-state index < -0.39 is 0 Å². The van der Waals surface area contributed by atoms with E-state index in [1.54, 1.807) is 0 Å². The molecule has 1 rings (SSSR count). The van der Waals surface area contributed by atoms with E-state index in [-0.39, 0.29) is 0 Å². The lowest BCUT2D eigenvalue weighted by atomic mass is 9.67. The maximum atomic E-state index is 2.69. The van der Waals surface area contributed by atoms with Gasteiger partial charge in [0.2, 0.25) is 0 Å². The molecule has 0 saturated heterocycles. The highest BCUT2D eigenvalue weighted by Gasteiger charge is 2.39. The molecule has 0 aromatic heterocycles. The van der Waals surface area contributed by atoms with E-state index in [0.29, 0.717) is 5.41 Å². The molecule has 2 heteroatoms. The van der Waals surface area contributed by atoms with Gasteiger partial charge in [0.25, 0.3) is 0 Å². The average molecular weight is 283 g/mol. The Morgan fingerprint density at radius 2 is 1.40 bits per heavy atom. The molecule has 0 spiro atoms. The molecule has 0 unspecified atom stereocenters. The van der Waals surface area contributed by atoms with Crippen LogP contribution in [-0.4, -0.2) is 48.6 Å². The summed E-state index contributed by atoms with van der Waals surface area (Å²) in [6, 6.07) is 0.744. The van der Waals surface area contributed by atoms with Gasteiger partial charge in [0.05, 0.1) is 0 Å². The van der Waals surface area contributed by atoms with E-state index >= 15 is 0 Å². The summed E-state index contributed by atoms with van der Waals surface area (Å²) in [6.07, 6.45) is 8.65. The summed E-state index contributed by atoms with van der Waals surface area (Å²) in [7, 11) is 0. The van der Waals surface area contributed by atoms with E-state index in [1.807, 2.05) is 0 Å². The maximum absolute atomic E-state index is 2.69. The third kappa shape index (κ3) is 4.46. The summed E-state index contributed by atoms with van der Waals surface area (Å²) in [5.41, 5.74) is 0.576. The average Bonchev–Trinajstić information content (AvgIpc) is 2.50. The molecule has 1 aliphatic rings. The normalized spacial score (nSPS) is 20.6. The molecule has 0 N–H and O–H groups in total. The Balaban J connectivity index is 2.74. The lowest BCUT2D eigenvalue weighted by molar-refractivity contribution is 0.0300. The van der Waals surface area contributed by atoms with Crippen LogP contribution in [0.25, 0.3) is 0 Å². The SMILES string of the molecule is CCN(CC)CCC1([C@H](C)N(CC)CC)CCCCC1. The molecule has 0 aromatic carbocycles. The third-order valence-electron chi connectivity index (χ3n) is 5.92. The van der Waals surface area contributed by atoms with Crippen molar-refractivity contribution in [2.24, 2.45) is 5.41 Å². The second-order valence-electron chi connectivity index (χ2n) is 6.60. The van der Waals surface area contributed by atoms with Crippen molar-refractivity contribution < 1.29 is 0 Å². The van der Waals surface area contributed by atoms with Crippen LogP contribution < -0.4 is 0 Å². The van der Waals surface area contributed by atoms with Crippen molar-refractivity contribution >= 4 is 0 Å². The smallest absolute Gasteiger partial charge is 0.0124 e. The molecule has 0 aliphatic heterocycles. The van der Waals surface area contributed by atoms with Gasteiger partial charge in [-0.05, 0) is 64.3 Å². The summed E-state index contributed by atoms with van der Waals surface area (Å²) in [5.74, 6) is 0. The standard InChI is InChI=1S/C18H38N2/c1-6-19(7-2)16-15-18(13-11-10-12-14-18)17(5)20(8-3)9-4/h17H,6-16H2,1-5H3/t17-/m0/s1. The van der Waals surface area contributed by atoms with Gasteiger partial charge < -0.3 is 9.80 Å². The Labute approximate surface area is 127 Å². The van der Waals surface area contributed by atoms with Crippen LogP contribution in [0, 0.1) is 5.41 Å². The molecule has 1 atom stereocenters. The first kappa shape index (κ1) is 18.0. The molecule has 1 fully saturated rings. The van der Waals surface area contributed by atoms with Crippen LogP contribution >= 0.6 is 0 Å². The van der Waals surface area contributed by atoms with Crippen molar-refractivity contribution in [2.75, 3.05) is 32.7 Å². The van der Waals surface area contributed by atoms with Crippen molar-refractivity contribution in [3.05, 3.63) is 0 Å². The topological polar surface area (TPSA) is 6.48 Å². The molecule has 1 saturated carbocycles. The van der Waals surface area contributed by atoms with Gasteiger partial charge in [-0.25, -0.2) is 0 Å². The minimum atomic E-state index is 0.576. The largest absolute Gasteiger partial charge is 0.304 e. The zero-order valence-corrected chi connectivity index (χ0v) is 14.7. The second kappa shape index (κ2) is 9.04. The van der Waals surface area contributed by atoms with Crippen molar-refractivity contribution in [3.8, 4) is 0 Å². The molecule has 0 aromatic rings. The minimum absolute atomic E-state index is 0.576. The quantitative estimate of drug-likeness (QED) is 0.618. The first-order valence-electron chi connectivity index (χ1n) is 9.09. The lowest BCUT2D eigenvalue weighted by Crippen LogP contribution is -2.48. The van der Waals surface area contributed by atoms with E-state index in [9.17, 15) is 0 Å². The number of rotatable bonds is 9. The van der Waals surface area contributed by atoms with Gasteiger partial charge in [-0.3, -0.25) is 0 Å². The van der Waals surface area contributed by atoms with E-state index in [2.05, 4.69) is 44.4 Å². The summed E-state index contributed by atoms with van der Waals surface area (Å²) in [6.45, 7) is 17.8. The van der Waals surface area contributed by atoms with Gasteiger partial charge in [0.15, 0.2) is 0 Å². The van der Waals surface area contributed by atoms with Crippen LogP contribution in [0.3, 0.4) is 0 Å². The highest BCUT2D eigenvalue weighted by molar-refractivity contribution is 4.92. The predicted molar refractivity (Wildman–Crippen MR) is 90.3 cm³/mol. The maximum Gasteiger partial charge on any atom is 0.0124 e. The van der Waals surface area contributed by atoms with Gasteiger partial charge in [0, 0.05) is 6.04 Å². The molecule has 20 heavy (non-hydrogen) atoms. The fourth-order valence-corrected chi connectivity index (χ4v) is 4.21. The van der Waals surface area contributed by atoms with Gasteiger partial charge in [0.1, 0.15) is 0 Å². The minimum Gasteiger partial charge on any atom is -0.304 e. The van der Waals surface area contributed by atoms with Crippen LogP contribution in [-0.2, 0) is 0 Å². The van der Waals surface area contributed by atoms with Crippen LogP contribution in [0.15, 0.2) is 0 Å². The summed E-state index contributed by atoms with van der Waals surface area (Å²) in [5, 5.41) is 0. The molecule has 1 aliphatic carbocycles. The molecular weight excluding hydrogens is 244 g/mol. The summed E-state index contributed by atoms with van der Waals surface area (Å²) >= 11 is 0. The Bertz CT molecular complexity index is 238. The predicted octanol–water partition coefficient (Wildman–Crippen LogP) is 4.40. The Morgan fingerprint density at radius 3 is 1.85 bits per heavy atom. The monoisotopic (exact) mass is 282 g/mol. The highest BCUT2D eigenvalue weighted by Crippen LogP contribution is 2.44. The van der Waals surface area contributed by atoms with E-state index in [0.717, 1.165) is 6.04 Å². The number of hydrogen-bond acceptors (Lipinski definition) is 2. The van der Waals surface area contributed by atoms with Crippen LogP contribution in [0.2, 0.25) is 0 Å². The Hall–Kier alpha value is -0.0800. The zero-order chi connectivity index (χ0) is 15.0. The summed E-state index contributed by atoms with van der Waals surface area (Å²) < 4.78 is 0. The van der Waals surface area contributed by atoms with Gasteiger partial charge in [-0.15, -0.1) is 0 Å². The van der Waals surface area contributed by atoms with Gasteiger partial charge in [-0.2, -0.15) is 0 Å². The molecule has 2 nitrogen and oxygen atoms in total. The van der Waals surface area contributed by atoms with Crippen LogP contribution in [0.1, 0.15) is 73.1 Å². The molecule has 0 bridgehead atoms.